The lowest BCUT2D eigenvalue weighted by atomic mass is 10.1. The molecule has 72 valence electrons. The van der Waals surface area contributed by atoms with E-state index in [-0.39, 0.29) is 18.0 Å². The monoisotopic (exact) mass is 205 g/mol. The Morgan fingerprint density at radius 1 is 1.77 bits per heavy atom. The first-order valence-electron chi connectivity index (χ1n) is 3.37. The number of allylic oxidation sites excluding steroid dienone is 2. The van der Waals surface area contributed by atoms with Crippen molar-refractivity contribution in [3.05, 3.63) is 23.9 Å². The van der Waals surface area contributed by atoms with Gasteiger partial charge in [0.15, 0.2) is 6.17 Å². The molecule has 0 aromatic rings. The highest BCUT2D eigenvalue weighted by molar-refractivity contribution is 5.86. The van der Waals surface area contributed by atoms with Gasteiger partial charge in [-0.2, -0.15) is 0 Å². The zero-order chi connectivity index (χ0) is 8.97. The summed E-state index contributed by atoms with van der Waals surface area (Å²) < 4.78 is 17.2. The predicted octanol–water partition coefficient (Wildman–Crippen LogP) is 1.44. The maximum atomic E-state index is 12.9. The Morgan fingerprint density at radius 2 is 2.46 bits per heavy atom. The van der Waals surface area contributed by atoms with E-state index in [4.69, 9.17) is 0 Å². The smallest absolute Gasteiger partial charge is 0.330 e. The Labute approximate surface area is 81.4 Å². The lowest BCUT2D eigenvalue weighted by Crippen LogP contribution is -2.09. The molecule has 13 heavy (non-hydrogen) atoms. The van der Waals surface area contributed by atoms with E-state index in [1.807, 2.05) is 0 Å². The van der Waals surface area contributed by atoms with Crippen molar-refractivity contribution in [2.24, 2.45) is 4.99 Å². The molecule has 1 aliphatic rings. The average Bonchev–Trinajstić information content (AvgIpc) is 2.09. The van der Waals surface area contributed by atoms with E-state index in [0.29, 0.717) is 0 Å². The van der Waals surface area contributed by atoms with Gasteiger partial charge in [0, 0.05) is 24.1 Å². The van der Waals surface area contributed by atoms with Crippen LogP contribution < -0.4 is 0 Å². The van der Waals surface area contributed by atoms with E-state index < -0.39 is 12.1 Å². The molecule has 0 fully saturated rings. The number of methoxy groups -OCH3 is 1. The Bertz CT molecular complexity index is 273. The van der Waals surface area contributed by atoms with Crippen molar-refractivity contribution in [2.45, 2.75) is 6.17 Å². The first-order chi connectivity index (χ1) is 5.74. The van der Waals surface area contributed by atoms with E-state index in [1.165, 1.54) is 19.4 Å². The SMILES string of the molecule is COC(=O)/C=C1\C=CN=CC1F.Cl. The number of halogens is 2. The van der Waals surface area contributed by atoms with Gasteiger partial charge < -0.3 is 4.74 Å². The van der Waals surface area contributed by atoms with Crippen molar-refractivity contribution in [3.8, 4) is 0 Å². The number of alkyl halides is 1. The van der Waals surface area contributed by atoms with Crippen LogP contribution in [0.4, 0.5) is 4.39 Å². The summed E-state index contributed by atoms with van der Waals surface area (Å²) in [6.45, 7) is 0. The van der Waals surface area contributed by atoms with E-state index in [1.54, 1.807) is 0 Å². The van der Waals surface area contributed by atoms with Gasteiger partial charge in [-0.25, -0.2) is 9.18 Å². The highest BCUT2D eigenvalue weighted by Crippen LogP contribution is 2.10. The van der Waals surface area contributed by atoms with Crippen molar-refractivity contribution in [1.29, 1.82) is 0 Å². The Kier molecular flexibility index (Phi) is 4.99. The Morgan fingerprint density at radius 3 is 3.00 bits per heavy atom. The molecule has 3 nitrogen and oxygen atoms in total. The van der Waals surface area contributed by atoms with Crippen LogP contribution in [0.2, 0.25) is 0 Å². The van der Waals surface area contributed by atoms with Gasteiger partial charge in [0.2, 0.25) is 0 Å². The summed E-state index contributed by atoms with van der Waals surface area (Å²) in [5.74, 6) is -0.562. The number of carbonyl (C=O) groups excluding carboxylic acids is 1. The first-order valence-corrected chi connectivity index (χ1v) is 3.37. The molecule has 5 heteroatoms. The van der Waals surface area contributed by atoms with Gasteiger partial charge in [0.1, 0.15) is 0 Å². The maximum Gasteiger partial charge on any atom is 0.330 e. The lowest BCUT2D eigenvalue weighted by molar-refractivity contribution is -0.134. The standard InChI is InChI=1S/C8H8FNO2.ClH/c1-12-8(11)4-6-2-3-10-5-7(6)9;/h2-5,7H,1H3;1H/b6-4+;. The highest BCUT2D eigenvalue weighted by atomic mass is 35.5. The summed E-state index contributed by atoms with van der Waals surface area (Å²) in [7, 11) is 1.24. The normalized spacial score (nSPS) is 22.6. The minimum absolute atomic E-state index is 0. The van der Waals surface area contributed by atoms with Crippen LogP contribution in [0.3, 0.4) is 0 Å². The molecule has 1 heterocycles. The molecule has 0 spiro atoms. The van der Waals surface area contributed by atoms with Gasteiger partial charge in [-0.15, -0.1) is 12.4 Å². The summed E-state index contributed by atoms with van der Waals surface area (Å²) in [4.78, 5) is 14.2. The molecule has 0 N–H and O–H groups in total. The van der Waals surface area contributed by atoms with Gasteiger partial charge in [-0.05, 0) is 6.08 Å². The van der Waals surface area contributed by atoms with Crippen molar-refractivity contribution >= 4 is 24.6 Å². The molecule has 1 atom stereocenters. The minimum Gasteiger partial charge on any atom is -0.466 e. The topological polar surface area (TPSA) is 38.7 Å². The summed E-state index contributed by atoms with van der Waals surface area (Å²) in [6.07, 6.45) is 3.77. The van der Waals surface area contributed by atoms with Gasteiger partial charge >= 0.3 is 5.97 Å². The van der Waals surface area contributed by atoms with Crippen LogP contribution in [0.1, 0.15) is 0 Å². The lowest BCUT2D eigenvalue weighted by Gasteiger charge is -2.05. The van der Waals surface area contributed by atoms with Crippen LogP contribution >= 0.6 is 12.4 Å². The minimum atomic E-state index is -1.31. The maximum absolute atomic E-state index is 12.9. The fourth-order valence-electron chi connectivity index (χ4n) is 0.755. The molecule has 0 aromatic carbocycles. The number of nitrogens with zero attached hydrogens (tertiary/aromatic N) is 1. The molecule has 0 saturated heterocycles. The molecule has 0 radical (unpaired) electrons. The number of ether oxygens (including phenoxy) is 1. The summed E-state index contributed by atoms with van der Waals surface area (Å²) in [5, 5.41) is 0. The quantitative estimate of drug-likeness (QED) is 0.480. The Balaban J connectivity index is 0.00000144. The number of aliphatic imine (C=N–C) groups is 1. The second kappa shape index (κ2) is 5.48. The zero-order valence-corrected chi connectivity index (χ0v) is 7.75. The third-order valence-corrected chi connectivity index (χ3v) is 1.37. The second-order valence-corrected chi connectivity index (χ2v) is 2.18. The van der Waals surface area contributed by atoms with Gasteiger partial charge in [-0.3, -0.25) is 4.99 Å². The van der Waals surface area contributed by atoms with Crippen molar-refractivity contribution in [1.82, 2.24) is 0 Å². The molecule has 0 amide bonds. The largest absolute Gasteiger partial charge is 0.466 e. The van der Waals surface area contributed by atoms with Crippen LogP contribution in [0.15, 0.2) is 28.9 Å². The fraction of sp³-hybridized carbons (Fsp3) is 0.250. The van der Waals surface area contributed by atoms with Crippen LogP contribution in [0.5, 0.6) is 0 Å². The molecule has 1 aliphatic heterocycles. The molecular formula is C8H9ClFNO2. The molecular weight excluding hydrogens is 197 g/mol. The average molecular weight is 206 g/mol. The molecule has 0 aromatic heterocycles. The third kappa shape index (κ3) is 3.38. The number of carbonyl (C=O) groups is 1. The van der Waals surface area contributed by atoms with Crippen molar-refractivity contribution < 1.29 is 13.9 Å². The second-order valence-electron chi connectivity index (χ2n) is 2.18. The number of esters is 1. The third-order valence-electron chi connectivity index (χ3n) is 1.37. The van der Waals surface area contributed by atoms with Crippen LogP contribution in [0.25, 0.3) is 0 Å². The van der Waals surface area contributed by atoms with E-state index in [9.17, 15) is 9.18 Å². The number of rotatable bonds is 1. The van der Waals surface area contributed by atoms with E-state index in [2.05, 4.69) is 9.73 Å². The van der Waals surface area contributed by atoms with Gasteiger partial charge in [0.25, 0.3) is 0 Å². The molecule has 0 bridgehead atoms. The molecule has 0 saturated carbocycles. The van der Waals surface area contributed by atoms with Crippen molar-refractivity contribution in [2.75, 3.05) is 7.11 Å². The first kappa shape index (κ1) is 11.8. The summed E-state index contributed by atoms with van der Waals surface area (Å²) in [5.41, 5.74) is 0.261. The van der Waals surface area contributed by atoms with Gasteiger partial charge in [0.05, 0.1) is 7.11 Å². The summed E-state index contributed by atoms with van der Waals surface area (Å²) >= 11 is 0. The van der Waals surface area contributed by atoms with Gasteiger partial charge in [-0.1, -0.05) is 0 Å². The predicted molar refractivity (Wildman–Crippen MR) is 49.9 cm³/mol. The van der Waals surface area contributed by atoms with Crippen molar-refractivity contribution in [3.63, 3.8) is 0 Å². The molecule has 1 rings (SSSR count). The van der Waals surface area contributed by atoms with E-state index >= 15 is 0 Å². The molecule has 0 aliphatic carbocycles. The summed E-state index contributed by atoms with van der Waals surface area (Å²) in [6, 6.07) is 0. The van der Waals surface area contributed by atoms with Crippen LogP contribution in [-0.2, 0) is 9.53 Å². The van der Waals surface area contributed by atoms with Crippen LogP contribution in [0, 0.1) is 0 Å². The zero-order valence-electron chi connectivity index (χ0n) is 6.94. The Hall–Kier alpha value is -1.16. The molecule has 1 unspecified atom stereocenters. The number of hydrogen-bond acceptors (Lipinski definition) is 3. The van der Waals surface area contributed by atoms with Crippen LogP contribution in [-0.4, -0.2) is 25.5 Å². The van der Waals surface area contributed by atoms with E-state index in [0.717, 1.165) is 12.3 Å². The fourth-order valence-corrected chi connectivity index (χ4v) is 0.755. The highest BCUT2D eigenvalue weighted by Gasteiger charge is 2.11. The number of hydrogen-bond donors (Lipinski definition) is 0.